The molecule has 3 rings (SSSR count). The molecule has 0 unspecified atom stereocenters. The van der Waals surface area contributed by atoms with Crippen LogP contribution in [0.3, 0.4) is 0 Å². The Hall–Kier alpha value is -1.77. The van der Waals surface area contributed by atoms with Crippen molar-refractivity contribution in [2.24, 2.45) is 0 Å². The van der Waals surface area contributed by atoms with Crippen molar-refractivity contribution in [2.75, 3.05) is 11.4 Å². The van der Waals surface area contributed by atoms with Crippen LogP contribution in [0.4, 0.5) is 5.69 Å². The minimum absolute atomic E-state index is 0.0916. The average molecular weight is 365 g/mol. The van der Waals surface area contributed by atoms with Crippen molar-refractivity contribution in [3.8, 4) is 0 Å². The van der Waals surface area contributed by atoms with Crippen LogP contribution in [0, 0.1) is 6.92 Å². The zero-order valence-electron chi connectivity index (χ0n) is 13.4. The van der Waals surface area contributed by atoms with Gasteiger partial charge in [0.05, 0.1) is 22.1 Å². The van der Waals surface area contributed by atoms with E-state index in [2.05, 4.69) is 9.71 Å². The van der Waals surface area contributed by atoms with E-state index < -0.39 is 10.0 Å². The van der Waals surface area contributed by atoms with Crippen LogP contribution in [0.2, 0.25) is 0 Å². The van der Waals surface area contributed by atoms with Crippen molar-refractivity contribution < 1.29 is 13.2 Å². The number of hydrogen-bond acceptors (Lipinski definition) is 5. The molecule has 0 saturated carbocycles. The molecule has 2 heterocycles. The fourth-order valence-electron chi connectivity index (χ4n) is 2.63. The predicted octanol–water partition coefficient (Wildman–Crippen LogP) is 2.45. The summed E-state index contributed by atoms with van der Waals surface area (Å²) in [7, 11) is -3.60. The summed E-state index contributed by atoms with van der Waals surface area (Å²) in [5, 5.41) is 2.74. The summed E-state index contributed by atoms with van der Waals surface area (Å²) >= 11 is 1.49. The number of piperidine rings is 1. The summed E-state index contributed by atoms with van der Waals surface area (Å²) < 4.78 is 27.2. The van der Waals surface area contributed by atoms with E-state index in [1.165, 1.54) is 23.5 Å². The van der Waals surface area contributed by atoms with Crippen LogP contribution in [-0.4, -0.2) is 25.9 Å². The molecule has 1 saturated heterocycles. The molecule has 8 heteroatoms. The molecule has 2 aromatic rings. The quantitative estimate of drug-likeness (QED) is 0.883. The third kappa shape index (κ3) is 3.82. The second-order valence-corrected chi connectivity index (χ2v) is 8.51. The van der Waals surface area contributed by atoms with E-state index in [0.717, 1.165) is 23.5 Å². The summed E-state index contributed by atoms with van der Waals surface area (Å²) in [4.78, 5) is 18.1. The number of nitrogens with zero attached hydrogens (tertiary/aromatic N) is 2. The zero-order valence-corrected chi connectivity index (χ0v) is 15.0. The van der Waals surface area contributed by atoms with Gasteiger partial charge in [0, 0.05) is 24.0 Å². The molecule has 6 nitrogen and oxygen atoms in total. The highest BCUT2D eigenvalue weighted by atomic mass is 32.2. The summed E-state index contributed by atoms with van der Waals surface area (Å²) in [5.41, 5.74) is 1.45. The van der Waals surface area contributed by atoms with E-state index in [-0.39, 0.29) is 17.3 Å². The first kappa shape index (κ1) is 17.1. The van der Waals surface area contributed by atoms with Crippen molar-refractivity contribution in [1.29, 1.82) is 0 Å². The standard InChI is InChI=1S/C16H19N3O3S2/c1-12-18-13(11-23-12)10-17-24(21,22)15-7-5-14(6-8-15)19-9-3-2-4-16(19)20/h5-8,11,17H,2-4,9-10H2,1H3. The first-order chi connectivity index (χ1) is 11.5. The molecule has 1 fully saturated rings. The molecule has 1 amide bonds. The molecule has 1 aromatic carbocycles. The van der Waals surface area contributed by atoms with Gasteiger partial charge < -0.3 is 4.90 Å². The number of rotatable bonds is 5. The van der Waals surface area contributed by atoms with Crippen LogP contribution in [0.15, 0.2) is 34.5 Å². The second-order valence-electron chi connectivity index (χ2n) is 5.68. The van der Waals surface area contributed by atoms with Gasteiger partial charge in [0.1, 0.15) is 0 Å². The molecular weight excluding hydrogens is 346 g/mol. The molecule has 1 N–H and O–H groups in total. The number of aryl methyl sites for hydroxylation is 1. The molecule has 0 radical (unpaired) electrons. The highest BCUT2D eigenvalue weighted by molar-refractivity contribution is 7.89. The molecule has 0 aliphatic carbocycles. The van der Waals surface area contributed by atoms with E-state index in [1.54, 1.807) is 17.0 Å². The second kappa shape index (κ2) is 7.00. The molecule has 0 atom stereocenters. The third-order valence-electron chi connectivity index (χ3n) is 3.89. The molecule has 1 aromatic heterocycles. The third-order valence-corrected chi connectivity index (χ3v) is 6.13. The lowest BCUT2D eigenvalue weighted by atomic mass is 10.1. The molecule has 0 spiro atoms. The molecule has 24 heavy (non-hydrogen) atoms. The van der Waals surface area contributed by atoms with Gasteiger partial charge in [-0.2, -0.15) is 0 Å². The lowest BCUT2D eigenvalue weighted by Gasteiger charge is -2.26. The Labute approximate surface area is 145 Å². The fraction of sp³-hybridized carbons (Fsp3) is 0.375. The molecule has 0 bridgehead atoms. The largest absolute Gasteiger partial charge is 0.312 e. The van der Waals surface area contributed by atoms with E-state index >= 15 is 0 Å². The number of amides is 1. The number of benzene rings is 1. The summed E-state index contributed by atoms with van der Waals surface area (Å²) in [6, 6.07) is 6.44. The normalized spacial score (nSPS) is 15.7. The number of anilines is 1. The van der Waals surface area contributed by atoms with E-state index in [0.29, 0.717) is 18.7 Å². The number of thiazole rings is 1. The fourth-order valence-corrected chi connectivity index (χ4v) is 4.24. The summed E-state index contributed by atoms with van der Waals surface area (Å²) in [6.45, 7) is 2.73. The minimum Gasteiger partial charge on any atom is -0.312 e. The van der Waals surface area contributed by atoms with Gasteiger partial charge in [-0.15, -0.1) is 11.3 Å². The Morgan fingerprint density at radius 3 is 2.62 bits per heavy atom. The van der Waals surface area contributed by atoms with Gasteiger partial charge in [0.2, 0.25) is 15.9 Å². The molecule has 1 aliphatic heterocycles. The maximum Gasteiger partial charge on any atom is 0.240 e. The van der Waals surface area contributed by atoms with Crippen molar-refractivity contribution in [3.05, 3.63) is 40.3 Å². The topological polar surface area (TPSA) is 79.4 Å². The maximum absolute atomic E-state index is 12.3. The highest BCUT2D eigenvalue weighted by Gasteiger charge is 2.20. The lowest BCUT2D eigenvalue weighted by Crippen LogP contribution is -2.35. The Bertz CT molecular complexity index is 829. The molecule has 128 valence electrons. The summed E-state index contributed by atoms with van der Waals surface area (Å²) in [6.07, 6.45) is 2.44. The zero-order chi connectivity index (χ0) is 17.2. The Morgan fingerprint density at radius 1 is 1.25 bits per heavy atom. The van der Waals surface area contributed by atoms with Crippen LogP contribution >= 0.6 is 11.3 Å². The van der Waals surface area contributed by atoms with E-state index in [1.807, 2.05) is 12.3 Å². The van der Waals surface area contributed by atoms with Crippen molar-refractivity contribution in [3.63, 3.8) is 0 Å². The van der Waals surface area contributed by atoms with E-state index in [9.17, 15) is 13.2 Å². The first-order valence-electron chi connectivity index (χ1n) is 7.77. The summed E-state index contributed by atoms with van der Waals surface area (Å²) in [5.74, 6) is 0.0916. The van der Waals surface area contributed by atoms with Gasteiger partial charge >= 0.3 is 0 Å². The molecular formula is C16H19N3O3S2. The lowest BCUT2D eigenvalue weighted by molar-refractivity contribution is -0.119. The monoisotopic (exact) mass is 365 g/mol. The van der Waals surface area contributed by atoms with Crippen LogP contribution < -0.4 is 9.62 Å². The molecule has 1 aliphatic rings. The van der Waals surface area contributed by atoms with Gasteiger partial charge in [-0.05, 0) is 44.0 Å². The maximum atomic E-state index is 12.3. The van der Waals surface area contributed by atoms with Crippen molar-refractivity contribution >= 4 is 33.0 Å². The average Bonchev–Trinajstić information content (AvgIpc) is 2.99. The smallest absolute Gasteiger partial charge is 0.240 e. The minimum atomic E-state index is -3.60. The number of sulfonamides is 1. The van der Waals surface area contributed by atoms with Crippen LogP contribution in [0.5, 0.6) is 0 Å². The van der Waals surface area contributed by atoms with Gasteiger partial charge in [-0.3, -0.25) is 4.79 Å². The van der Waals surface area contributed by atoms with Gasteiger partial charge in [0.15, 0.2) is 0 Å². The van der Waals surface area contributed by atoms with Crippen molar-refractivity contribution in [2.45, 2.75) is 37.6 Å². The number of carbonyl (C=O) groups excluding carboxylic acids is 1. The number of nitrogens with one attached hydrogen (secondary N) is 1. The van der Waals surface area contributed by atoms with Crippen LogP contribution in [0.25, 0.3) is 0 Å². The number of carbonyl (C=O) groups is 1. The SMILES string of the molecule is Cc1nc(CNS(=O)(=O)c2ccc(N3CCCCC3=O)cc2)cs1. The highest BCUT2D eigenvalue weighted by Crippen LogP contribution is 2.22. The van der Waals surface area contributed by atoms with Gasteiger partial charge in [-0.1, -0.05) is 0 Å². The van der Waals surface area contributed by atoms with Gasteiger partial charge in [0.25, 0.3) is 0 Å². The predicted molar refractivity (Wildman–Crippen MR) is 93.5 cm³/mol. The first-order valence-corrected chi connectivity index (χ1v) is 10.1. The van der Waals surface area contributed by atoms with Crippen molar-refractivity contribution in [1.82, 2.24) is 9.71 Å². The number of hydrogen-bond donors (Lipinski definition) is 1. The Balaban J connectivity index is 1.70. The van der Waals surface area contributed by atoms with Crippen LogP contribution in [0.1, 0.15) is 30.0 Å². The number of aromatic nitrogens is 1. The Morgan fingerprint density at radius 2 is 2.00 bits per heavy atom. The van der Waals surface area contributed by atoms with Gasteiger partial charge in [-0.25, -0.2) is 18.1 Å². The van der Waals surface area contributed by atoms with E-state index in [4.69, 9.17) is 0 Å². The Kier molecular flexibility index (Phi) is 4.98. The van der Waals surface area contributed by atoms with Crippen LogP contribution in [-0.2, 0) is 21.4 Å².